The summed E-state index contributed by atoms with van der Waals surface area (Å²) in [5.74, 6) is -2.15. The fourth-order valence-corrected chi connectivity index (χ4v) is 5.26. The Balaban J connectivity index is 1.60. The van der Waals surface area contributed by atoms with Gasteiger partial charge < -0.3 is 4.74 Å². The molecule has 3 aromatic carbocycles. The van der Waals surface area contributed by atoms with E-state index in [9.17, 15) is 13.6 Å². The van der Waals surface area contributed by atoms with Crippen molar-refractivity contribution in [3.8, 4) is 0 Å². The molecule has 33 heavy (non-hydrogen) atoms. The Kier molecular flexibility index (Phi) is 6.15. The summed E-state index contributed by atoms with van der Waals surface area (Å²) in [5, 5.41) is 0.340. The summed E-state index contributed by atoms with van der Waals surface area (Å²) in [6, 6.07) is 21.2. The number of amides is 1. The first-order valence-corrected chi connectivity index (χ1v) is 11.7. The summed E-state index contributed by atoms with van der Waals surface area (Å²) in [6.07, 6.45) is 1.63. The number of carbonyl (C=O) groups excluding carboxylic acids is 1. The number of carbonyl (C=O) groups is 1. The van der Waals surface area contributed by atoms with Crippen LogP contribution in [0.2, 0.25) is 0 Å². The highest BCUT2D eigenvalue weighted by atomic mass is 32.1. The number of fused-ring (bicyclic) bond motifs is 1. The number of benzene rings is 3. The predicted octanol–water partition coefficient (Wildman–Crippen LogP) is 5.92. The summed E-state index contributed by atoms with van der Waals surface area (Å²) >= 11 is 1.11. The quantitative estimate of drug-likeness (QED) is 0.356. The van der Waals surface area contributed by atoms with Crippen LogP contribution in [0.4, 0.5) is 13.9 Å². The van der Waals surface area contributed by atoms with Gasteiger partial charge in [0.25, 0.3) is 0 Å². The fourth-order valence-electron chi connectivity index (χ4n) is 4.24. The second-order valence-electron chi connectivity index (χ2n) is 8.07. The van der Waals surface area contributed by atoms with Gasteiger partial charge in [0, 0.05) is 12.7 Å². The molecule has 1 aromatic heterocycles. The Morgan fingerprint density at radius 1 is 1.06 bits per heavy atom. The van der Waals surface area contributed by atoms with Crippen molar-refractivity contribution in [2.75, 3.05) is 18.1 Å². The van der Waals surface area contributed by atoms with Crippen LogP contribution in [-0.4, -0.2) is 30.1 Å². The highest BCUT2D eigenvalue weighted by Crippen LogP contribution is 2.35. The Bertz CT molecular complexity index is 1220. The van der Waals surface area contributed by atoms with Crippen molar-refractivity contribution in [3.05, 3.63) is 95.6 Å². The predicted molar refractivity (Wildman–Crippen MR) is 126 cm³/mol. The van der Waals surface area contributed by atoms with Crippen LogP contribution in [0.15, 0.2) is 72.8 Å². The normalized spacial score (nSPS) is 15.9. The van der Waals surface area contributed by atoms with E-state index in [0.29, 0.717) is 23.0 Å². The molecule has 1 amide bonds. The lowest BCUT2D eigenvalue weighted by atomic mass is 9.90. The second-order valence-corrected chi connectivity index (χ2v) is 9.08. The molecule has 5 rings (SSSR count). The first-order chi connectivity index (χ1) is 16.1. The third-order valence-corrected chi connectivity index (χ3v) is 6.85. The Hall–Kier alpha value is -3.16. The molecule has 7 heteroatoms. The smallest absolute Gasteiger partial charge is 0.240 e. The molecule has 0 spiro atoms. The molecule has 1 aliphatic rings. The molecule has 0 N–H and O–H groups in total. The Labute approximate surface area is 194 Å². The van der Waals surface area contributed by atoms with E-state index in [1.807, 2.05) is 60.7 Å². The molecular weight excluding hydrogens is 442 g/mol. The van der Waals surface area contributed by atoms with Crippen LogP contribution >= 0.6 is 11.3 Å². The molecule has 0 aliphatic carbocycles. The third kappa shape index (κ3) is 4.51. The Morgan fingerprint density at radius 3 is 2.33 bits per heavy atom. The summed E-state index contributed by atoms with van der Waals surface area (Å²) in [5.41, 5.74) is 1.77. The van der Waals surface area contributed by atoms with Gasteiger partial charge in [0.1, 0.15) is 11.3 Å². The largest absolute Gasteiger partial charge is 0.376 e. The van der Waals surface area contributed by atoms with Gasteiger partial charge in [-0.3, -0.25) is 9.69 Å². The molecule has 4 aromatic rings. The molecule has 0 saturated carbocycles. The van der Waals surface area contributed by atoms with E-state index < -0.39 is 17.6 Å². The zero-order valence-electron chi connectivity index (χ0n) is 17.8. The highest BCUT2D eigenvalue weighted by Gasteiger charge is 2.33. The zero-order valence-corrected chi connectivity index (χ0v) is 18.6. The highest BCUT2D eigenvalue weighted by molar-refractivity contribution is 7.22. The molecule has 1 atom stereocenters. The van der Waals surface area contributed by atoms with Crippen molar-refractivity contribution in [1.82, 2.24) is 4.98 Å². The van der Waals surface area contributed by atoms with Gasteiger partial charge in [-0.05, 0) is 30.0 Å². The van der Waals surface area contributed by atoms with Gasteiger partial charge in [-0.1, -0.05) is 72.0 Å². The summed E-state index contributed by atoms with van der Waals surface area (Å²) in [7, 11) is 0. The minimum absolute atomic E-state index is 0.0671. The SMILES string of the molecule is O=C(C(c1ccccc1)c1ccccc1)N(CC1CCCO1)c1nc2c(F)cc(F)cc2s1. The van der Waals surface area contributed by atoms with Gasteiger partial charge in [-0.15, -0.1) is 0 Å². The van der Waals surface area contributed by atoms with Crippen LogP contribution in [-0.2, 0) is 9.53 Å². The fraction of sp³-hybridized carbons (Fsp3) is 0.231. The molecule has 0 bridgehead atoms. The van der Waals surface area contributed by atoms with Gasteiger partial charge in [-0.2, -0.15) is 0 Å². The number of anilines is 1. The van der Waals surface area contributed by atoms with E-state index in [1.54, 1.807) is 4.90 Å². The topological polar surface area (TPSA) is 42.4 Å². The summed E-state index contributed by atoms with van der Waals surface area (Å²) in [4.78, 5) is 20.1. The molecule has 168 valence electrons. The van der Waals surface area contributed by atoms with Crippen LogP contribution in [0.25, 0.3) is 10.2 Å². The third-order valence-electron chi connectivity index (χ3n) is 5.82. The monoisotopic (exact) mass is 464 g/mol. The first-order valence-electron chi connectivity index (χ1n) is 10.9. The number of ether oxygens (including phenoxy) is 1. The standard InChI is InChI=1S/C26H22F2N2O2S/c27-19-14-21(28)24-22(15-19)33-26(29-24)30(16-20-12-7-13-32-20)25(31)23(17-8-3-1-4-9-17)18-10-5-2-6-11-18/h1-6,8-11,14-15,20,23H,7,12-13,16H2. The minimum Gasteiger partial charge on any atom is -0.376 e. The maximum atomic E-state index is 14.4. The van der Waals surface area contributed by atoms with E-state index in [1.165, 1.54) is 6.07 Å². The average Bonchev–Trinajstić information content (AvgIpc) is 3.49. The maximum Gasteiger partial charge on any atom is 0.240 e. The first kappa shape index (κ1) is 21.7. The second kappa shape index (κ2) is 9.37. The molecule has 1 saturated heterocycles. The lowest BCUT2D eigenvalue weighted by Gasteiger charge is -2.28. The summed E-state index contributed by atoms with van der Waals surface area (Å²) < 4.78 is 34.4. The lowest BCUT2D eigenvalue weighted by Crippen LogP contribution is -2.40. The van der Waals surface area contributed by atoms with Crippen LogP contribution in [0.5, 0.6) is 0 Å². The summed E-state index contributed by atoms with van der Waals surface area (Å²) in [6.45, 7) is 0.950. The molecule has 4 nitrogen and oxygen atoms in total. The van der Waals surface area contributed by atoms with E-state index in [2.05, 4.69) is 4.98 Å². The van der Waals surface area contributed by atoms with Crippen molar-refractivity contribution in [1.29, 1.82) is 0 Å². The van der Waals surface area contributed by atoms with Gasteiger partial charge in [-0.25, -0.2) is 13.8 Å². The lowest BCUT2D eigenvalue weighted by molar-refractivity contribution is -0.119. The van der Waals surface area contributed by atoms with Crippen molar-refractivity contribution in [2.45, 2.75) is 24.9 Å². The van der Waals surface area contributed by atoms with Gasteiger partial charge >= 0.3 is 0 Å². The van der Waals surface area contributed by atoms with Gasteiger partial charge in [0.05, 0.1) is 23.3 Å². The van der Waals surface area contributed by atoms with E-state index in [0.717, 1.165) is 41.4 Å². The molecular formula is C26H22F2N2O2S. The van der Waals surface area contributed by atoms with Gasteiger partial charge in [0.2, 0.25) is 5.91 Å². The molecule has 1 fully saturated rings. The number of halogens is 2. The molecule has 1 unspecified atom stereocenters. The number of hydrogen-bond donors (Lipinski definition) is 0. The maximum absolute atomic E-state index is 14.4. The van der Waals surface area contributed by atoms with Crippen molar-refractivity contribution >= 4 is 32.6 Å². The van der Waals surface area contributed by atoms with Crippen molar-refractivity contribution < 1.29 is 18.3 Å². The van der Waals surface area contributed by atoms with Gasteiger partial charge in [0.15, 0.2) is 10.9 Å². The number of aromatic nitrogens is 1. The van der Waals surface area contributed by atoms with Crippen molar-refractivity contribution in [3.63, 3.8) is 0 Å². The Morgan fingerprint density at radius 2 is 1.73 bits per heavy atom. The molecule has 2 heterocycles. The van der Waals surface area contributed by atoms with Crippen LogP contribution in [0, 0.1) is 11.6 Å². The van der Waals surface area contributed by atoms with Crippen LogP contribution in [0.3, 0.4) is 0 Å². The van der Waals surface area contributed by atoms with Crippen molar-refractivity contribution in [2.24, 2.45) is 0 Å². The van der Waals surface area contributed by atoms with Crippen LogP contribution in [0.1, 0.15) is 29.9 Å². The van der Waals surface area contributed by atoms with Crippen LogP contribution < -0.4 is 4.90 Å². The number of nitrogens with zero attached hydrogens (tertiary/aromatic N) is 2. The van der Waals surface area contributed by atoms with E-state index in [-0.39, 0.29) is 17.5 Å². The minimum atomic E-state index is -0.736. The number of hydrogen-bond acceptors (Lipinski definition) is 4. The number of rotatable bonds is 6. The van der Waals surface area contributed by atoms with E-state index >= 15 is 0 Å². The zero-order chi connectivity index (χ0) is 22.8. The average molecular weight is 465 g/mol. The number of thiazole rings is 1. The molecule has 0 radical (unpaired) electrons. The van der Waals surface area contributed by atoms with E-state index in [4.69, 9.17) is 4.74 Å². The molecule has 1 aliphatic heterocycles.